The van der Waals surface area contributed by atoms with Crippen molar-refractivity contribution in [2.45, 2.75) is 6.42 Å². The number of ether oxygens (including phenoxy) is 1. The number of carbonyl (C=O) groups excluding carboxylic acids is 2. The molecular weight excluding hydrogens is 482 g/mol. The molecule has 2 aromatic carbocycles. The van der Waals surface area contributed by atoms with E-state index in [1.165, 1.54) is 4.90 Å². The van der Waals surface area contributed by atoms with Crippen LogP contribution in [0, 0.1) is 0 Å². The largest absolute Gasteiger partial charge is 0.462 e. The fraction of sp³-hybridized carbons (Fsp3) is 0.125. The minimum atomic E-state index is -0.533. The third-order valence-corrected chi connectivity index (χ3v) is 6.34. The minimum absolute atomic E-state index is 0.0637. The quantitative estimate of drug-likeness (QED) is 0.198. The van der Waals surface area contributed by atoms with Gasteiger partial charge in [0.05, 0.1) is 27.8 Å². The molecule has 1 aliphatic rings. The Kier molecular flexibility index (Phi) is 7.29. The van der Waals surface area contributed by atoms with Gasteiger partial charge in [-0.1, -0.05) is 53.8 Å². The van der Waals surface area contributed by atoms with Crippen molar-refractivity contribution in [2.75, 3.05) is 18.1 Å². The van der Waals surface area contributed by atoms with E-state index in [-0.39, 0.29) is 19.1 Å². The first-order valence-electron chi connectivity index (χ1n) is 9.98. The standard InChI is InChI=1S/C24H18ClNO5S2/c25-19-8-2-1-7-18(19)20-10-9-17(31-20)14-21-22(28)26(24(32)33-21)16-6-3-5-15(13-16)23(29)30-12-4-11-27/h1-3,5-10,13-14,27H,4,11-12H2. The second kappa shape index (κ2) is 10.4. The predicted molar refractivity (Wildman–Crippen MR) is 133 cm³/mol. The molecule has 0 bridgehead atoms. The highest BCUT2D eigenvalue weighted by atomic mass is 35.5. The van der Waals surface area contributed by atoms with Gasteiger partial charge >= 0.3 is 5.97 Å². The van der Waals surface area contributed by atoms with Gasteiger partial charge < -0.3 is 14.3 Å². The second-order valence-corrected chi connectivity index (χ2v) is 9.05. The summed E-state index contributed by atoms with van der Waals surface area (Å²) >= 11 is 12.8. The van der Waals surface area contributed by atoms with E-state index in [1.807, 2.05) is 18.2 Å². The molecule has 1 aliphatic heterocycles. The molecule has 3 aromatic rings. The fourth-order valence-corrected chi connectivity index (χ4v) is 4.65. The second-order valence-electron chi connectivity index (χ2n) is 6.96. The maximum atomic E-state index is 13.1. The lowest BCUT2D eigenvalue weighted by Gasteiger charge is -2.15. The Balaban J connectivity index is 1.54. The van der Waals surface area contributed by atoms with Crippen LogP contribution in [-0.2, 0) is 9.53 Å². The number of rotatable bonds is 7. The van der Waals surface area contributed by atoms with Gasteiger partial charge in [0, 0.05) is 24.7 Å². The summed E-state index contributed by atoms with van der Waals surface area (Å²) in [6.07, 6.45) is 1.99. The van der Waals surface area contributed by atoms with Crippen LogP contribution in [0.1, 0.15) is 22.5 Å². The molecule has 9 heteroatoms. The lowest BCUT2D eigenvalue weighted by Crippen LogP contribution is -2.27. The molecule has 0 radical (unpaired) electrons. The lowest BCUT2D eigenvalue weighted by molar-refractivity contribution is -0.113. The molecule has 6 nitrogen and oxygen atoms in total. The van der Waals surface area contributed by atoms with Crippen molar-refractivity contribution in [2.24, 2.45) is 0 Å². The Bertz CT molecular complexity index is 1250. The zero-order valence-corrected chi connectivity index (χ0v) is 19.6. The molecule has 1 saturated heterocycles. The van der Waals surface area contributed by atoms with Crippen molar-refractivity contribution in [3.05, 3.63) is 81.9 Å². The van der Waals surface area contributed by atoms with Crippen molar-refractivity contribution in [1.29, 1.82) is 0 Å². The van der Waals surface area contributed by atoms with E-state index in [1.54, 1.807) is 48.5 Å². The Labute approximate surface area is 204 Å². The van der Waals surface area contributed by atoms with Crippen LogP contribution in [0.3, 0.4) is 0 Å². The summed E-state index contributed by atoms with van der Waals surface area (Å²) in [6.45, 7) is 0.0500. The van der Waals surface area contributed by atoms with E-state index in [4.69, 9.17) is 38.1 Å². The third-order valence-electron chi connectivity index (χ3n) is 4.71. The molecule has 1 fully saturated rings. The van der Waals surface area contributed by atoms with E-state index in [9.17, 15) is 9.59 Å². The number of carbonyl (C=O) groups is 2. The number of halogens is 1. The zero-order valence-electron chi connectivity index (χ0n) is 17.2. The summed E-state index contributed by atoms with van der Waals surface area (Å²) in [4.78, 5) is 27.1. The summed E-state index contributed by atoms with van der Waals surface area (Å²) in [7, 11) is 0. The lowest BCUT2D eigenvalue weighted by atomic mass is 10.2. The first-order chi connectivity index (χ1) is 16.0. The van der Waals surface area contributed by atoms with Crippen molar-refractivity contribution in [3.8, 4) is 11.3 Å². The normalized spacial score (nSPS) is 14.8. The van der Waals surface area contributed by atoms with Crippen LogP contribution in [0.15, 0.2) is 70.0 Å². The van der Waals surface area contributed by atoms with Gasteiger partial charge in [-0.15, -0.1) is 0 Å². The van der Waals surface area contributed by atoms with Crippen LogP contribution in [0.25, 0.3) is 17.4 Å². The summed E-state index contributed by atoms with van der Waals surface area (Å²) in [6, 6.07) is 17.4. The number of aliphatic hydroxyl groups is 1. The zero-order chi connectivity index (χ0) is 23.4. The molecule has 33 heavy (non-hydrogen) atoms. The molecule has 1 amide bonds. The Morgan fingerprint density at radius 2 is 2.00 bits per heavy atom. The number of hydrogen-bond acceptors (Lipinski definition) is 7. The molecule has 0 saturated carbocycles. The number of nitrogens with zero attached hydrogens (tertiary/aromatic N) is 1. The molecule has 0 spiro atoms. The Morgan fingerprint density at radius 3 is 2.79 bits per heavy atom. The van der Waals surface area contributed by atoms with Crippen LogP contribution in [0.4, 0.5) is 5.69 Å². The molecular formula is C24H18ClNO5S2. The van der Waals surface area contributed by atoms with Crippen molar-refractivity contribution >= 4 is 63.5 Å². The number of furan rings is 1. The number of thiocarbonyl (C=S) groups is 1. The van der Waals surface area contributed by atoms with Gasteiger partial charge in [0.2, 0.25) is 0 Å². The number of aliphatic hydroxyl groups excluding tert-OH is 1. The van der Waals surface area contributed by atoms with Gasteiger partial charge in [-0.05, 0) is 42.5 Å². The number of hydrogen-bond donors (Lipinski definition) is 1. The number of anilines is 1. The number of benzene rings is 2. The maximum Gasteiger partial charge on any atom is 0.338 e. The molecule has 2 heterocycles. The molecule has 4 rings (SSSR count). The monoisotopic (exact) mass is 499 g/mol. The van der Waals surface area contributed by atoms with Gasteiger partial charge in [0.25, 0.3) is 5.91 Å². The molecule has 0 atom stereocenters. The number of esters is 1. The van der Waals surface area contributed by atoms with Gasteiger partial charge in [-0.3, -0.25) is 9.69 Å². The van der Waals surface area contributed by atoms with E-state index >= 15 is 0 Å². The first-order valence-corrected chi connectivity index (χ1v) is 11.6. The Morgan fingerprint density at radius 1 is 1.18 bits per heavy atom. The van der Waals surface area contributed by atoms with E-state index in [2.05, 4.69) is 0 Å². The Hall–Kier alpha value is -2.91. The van der Waals surface area contributed by atoms with Crippen LogP contribution >= 0.6 is 35.6 Å². The van der Waals surface area contributed by atoms with Crippen molar-refractivity contribution < 1.29 is 23.8 Å². The summed E-state index contributed by atoms with van der Waals surface area (Å²) in [5.74, 6) is 0.238. The van der Waals surface area contributed by atoms with E-state index in [0.717, 1.165) is 17.3 Å². The number of thioether (sulfide) groups is 1. The highest BCUT2D eigenvalue weighted by Gasteiger charge is 2.34. The molecule has 1 N–H and O–H groups in total. The topological polar surface area (TPSA) is 80.0 Å². The van der Waals surface area contributed by atoms with Crippen molar-refractivity contribution in [3.63, 3.8) is 0 Å². The molecule has 1 aromatic heterocycles. The summed E-state index contributed by atoms with van der Waals surface area (Å²) in [5, 5.41) is 9.40. The smallest absolute Gasteiger partial charge is 0.338 e. The number of amides is 1. The van der Waals surface area contributed by atoms with E-state index in [0.29, 0.717) is 43.4 Å². The SMILES string of the molecule is O=C(OCCCO)c1cccc(N2C(=O)C(=Cc3ccc(-c4ccccc4Cl)o3)SC2=S)c1. The molecule has 0 unspecified atom stereocenters. The average Bonchev–Trinajstić information content (AvgIpc) is 3.38. The van der Waals surface area contributed by atoms with Crippen LogP contribution in [-0.4, -0.2) is 34.5 Å². The van der Waals surface area contributed by atoms with Gasteiger partial charge in [0.15, 0.2) is 4.32 Å². The van der Waals surface area contributed by atoms with Gasteiger partial charge in [-0.25, -0.2) is 4.79 Å². The highest BCUT2D eigenvalue weighted by molar-refractivity contribution is 8.27. The van der Waals surface area contributed by atoms with Crippen LogP contribution < -0.4 is 4.90 Å². The fourth-order valence-electron chi connectivity index (χ4n) is 3.14. The van der Waals surface area contributed by atoms with Gasteiger partial charge in [-0.2, -0.15) is 0 Å². The molecule has 0 aliphatic carbocycles. The van der Waals surface area contributed by atoms with Gasteiger partial charge in [0.1, 0.15) is 11.5 Å². The third kappa shape index (κ3) is 5.20. The maximum absolute atomic E-state index is 13.1. The van der Waals surface area contributed by atoms with Crippen molar-refractivity contribution in [1.82, 2.24) is 0 Å². The highest BCUT2D eigenvalue weighted by Crippen LogP contribution is 2.37. The van der Waals surface area contributed by atoms with Crippen LogP contribution in [0.5, 0.6) is 0 Å². The average molecular weight is 500 g/mol. The van der Waals surface area contributed by atoms with Crippen LogP contribution in [0.2, 0.25) is 5.02 Å². The minimum Gasteiger partial charge on any atom is -0.462 e. The van der Waals surface area contributed by atoms with E-state index < -0.39 is 5.97 Å². The summed E-state index contributed by atoms with van der Waals surface area (Å²) in [5.41, 5.74) is 1.52. The molecule has 168 valence electrons. The first kappa shape index (κ1) is 23.3. The summed E-state index contributed by atoms with van der Waals surface area (Å²) < 4.78 is 11.3. The predicted octanol–water partition coefficient (Wildman–Crippen LogP) is 5.55.